The van der Waals surface area contributed by atoms with E-state index < -0.39 is 0 Å². The van der Waals surface area contributed by atoms with E-state index in [2.05, 4.69) is 15.5 Å². The topological polar surface area (TPSA) is 66.0 Å². The van der Waals surface area contributed by atoms with E-state index in [1.165, 1.54) is 0 Å². The van der Waals surface area contributed by atoms with Crippen LogP contribution in [0, 0.1) is 13.8 Å². The molecule has 0 radical (unpaired) electrons. The third kappa shape index (κ3) is 3.28. The molecule has 0 aliphatic heterocycles. The maximum atomic E-state index is 5.93. The third-order valence-corrected chi connectivity index (χ3v) is 3.96. The van der Waals surface area contributed by atoms with Crippen LogP contribution in [0.2, 0.25) is 5.02 Å². The van der Waals surface area contributed by atoms with Crippen molar-refractivity contribution in [1.82, 2.24) is 20.2 Å². The van der Waals surface area contributed by atoms with Crippen molar-refractivity contribution < 1.29 is 9.26 Å². The first-order valence-corrected chi connectivity index (χ1v) is 7.58. The Hall–Kier alpha value is -2.18. The first-order valence-electron chi connectivity index (χ1n) is 7.20. The fourth-order valence-electron chi connectivity index (χ4n) is 2.51. The molecule has 1 atom stereocenters. The summed E-state index contributed by atoms with van der Waals surface area (Å²) in [5.74, 6) is 0.732. The molecule has 0 saturated heterocycles. The molecule has 0 spiro atoms. The van der Waals surface area contributed by atoms with E-state index in [-0.39, 0.29) is 6.10 Å². The fraction of sp³-hybridized carbons (Fsp3) is 0.312. The Balaban J connectivity index is 1.81. The Labute approximate surface area is 139 Å². The molecule has 0 bridgehead atoms. The fourth-order valence-corrected chi connectivity index (χ4v) is 2.64. The van der Waals surface area contributed by atoms with Crippen molar-refractivity contribution in [3.63, 3.8) is 0 Å². The first-order chi connectivity index (χ1) is 11.1. The van der Waals surface area contributed by atoms with Crippen molar-refractivity contribution in [2.45, 2.75) is 26.5 Å². The zero-order valence-electron chi connectivity index (χ0n) is 13.2. The van der Waals surface area contributed by atoms with Crippen molar-refractivity contribution in [1.29, 1.82) is 0 Å². The monoisotopic (exact) mass is 332 g/mol. The minimum Gasteiger partial charge on any atom is -0.375 e. The summed E-state index contributed by atoms with van der Waals surface area (Å²) in [7, 11) is 1.67. The van der Waals surface area contributed by atoms with Crippen LogP contribution in [0.15, 0.2) is 35.0 Å². The number of ether oxygens (including phenoxy) is 1. The summed E-state index contributed by atoms with van der Waals surface area (Å²) in [4.78, 5) is 0. The Bertz CT molecular complexity index is 775. The van der Waals surface area contributed by atoms with Crippen LogP contribution in [0.5, 0.6) is 0 Å². The summed E-state index contributed by atoms with van der Waals surface area (Å²) >= 11 is 5.93. The molecule has 3 rings (SSSR count). The van der Waals surface area contributed by atoms with Gasteiger partial charge in [0.15, 0.2) is 0 Å². The van der Waals surface area contributed by atoms with Gasteiger partial charge >= 0.3 is 0 Å². The number of aromatic nitrogens is 4. The molecule has 0 aliphatic carbocycles. The molecule has 0 fully saturated rings. The van der Waals surface area contributed by atoms with Gasteiger partial charge in [-0.3, -0.25) is 0 Å². The summed E-state index contributed by atoms with van der Waals surface area (Å²) in [6, 6.07) is 7.59. The molecular formula is C16H17ClN4O2. The predicted octanol–water partition coefficient (Wildman–Crippen LogP) is 3.59. The number of aryl methyl sites for hydroxylation is 2. The smallest absolute Gasteiger partial charge is 0.143 e. The first kappa shape index (κ1) is 15.7. The number of hydrogen-bond acceptors (Lipinski definition) is 5. The number of methoxy groups -OCH3 is 1. The molecule has 3 aromatic rings. The van der Waals surface area contributed by atoms with Crippen molar-refractivity contribution in [3.05, 3.63) is 52.5 Å². The zero-order chi connectivity index (χ0) is 16.4. The van der Waals surface area contributed by atoms with Gasteiger partial charge in [-0.05, 0) is 31.5 Å². The van der Waals surface area contributed by atoms with Crippen LogP contribution < -0.4 is 0 Å². The third-order valence-electron chi connectivity index (χ3n) is 3.71. The second-order valence-corrected chi connectivity index (χ2v) is 5.74. The van der Waals surface area contributed by atoms with Crippen LogP contribution >= 0.6 is 11.6 Å². The van der Waals surface area contributed by atoms with Crippen LogP contribution in [0.4, 0.5) is 0 Å². The van der Waals surface area contributed by atoms with Gasteiger partial charge in [0.05, 0.1) is 24.0 Å². The molecule has 0 N–H and O–H groups in total. The minimum atomic E-state index is -0.133. The lowest BCUT2D eigenvalue weighted by atomic mass is 10.1. The van der Waals surface area contributed by atoms with Gasteiger partial charge in [0.1, 0.15) is 17.6 Å². The molecule has 2 aromatic heterocycles. The van der Waals surface area contributed by atoms with Crippen LogP contribution in [0.3, 0.4) is 0 Å². The van der Waals surface area contributed by atoms with Crippen LogP contribution in [-0.4, -0.2) is 27.3 Å². The lowest BCUT2D eigenvalue weighted by molar-refractivity contribution is 0.0841. The SMILES string of the molecule is COC(Cn1cc(-c2c(C)noc2C)nn1)c1ccc(Cl)cc1. The molecule has 7 heteroatoms. The predicted molar refractivity (Wildman–Crippen MR) is 86.2 cm³/mol. The summed E-state index contributed by atoms with van der Waals surface area (Å²) in [6.45, 7) is 4.30. The van der Waals surface area contributed by atoms with E-state index >= 15 is 0 Å². The van der Waals surface area contributed by atoms with Gasteiger partial charge in [0.2, 0.25) is 0 Å². The molecule has 23 heavy (non-hydrogen) atoms. The average molecular weight is 333 g/mol. The zero-order valence-corrected chi connectivity index (χ0v) is 13.9. The van der Waals surface area contributed by atoms with E-state index in [4.69, 9.17) is 20.9 Å². The Morgan fingerprint density at radius 1 is 1.26 bits per heavy atom. The van der Waals surface area contributed by atoms with Crippen molar-refractivity contribution >= 4 is 11.6 Å². The molecule has 0 amide bonds. The Kier molecular flexibility index (Phi) is 4.45. The maximum absolute atomic E-state index is 5.93. The Morgan fingerprint density at radius 2 is 2.00 bits per heavy atom. The van der Waals surface area contributed by atoms with Crippen LogP contribution in [0.25, 0.3) is 11.3 Å². The van der Waals surface area contributed by atoms with Crippen LogP contribution in [0.1, 0.15) is 23.1 Å². The van der Waals surface area contributed by atoms with Crippen LogP contribution in [-0.2, 0) is 11.3 Å². The minimum absolute atomic E-state index is 0.133. The van der Waals surface area contributed by atoms with Gasteiger partial charge in [-0.1, -0.05) is 34.1 Å². The molecule has 0 aliphatic rings. The lowest BCUT2D eigenvalue weighted by Gasteiger charge is -2.15. The van der Waals surface area contributed by atoms with Crippen molar-refractivity contribution in [2.24, 2.45) is 0 Å². The molecule has 1 unspecified atom stereocenters. The quantitative estimate of drug-likeness (QED) is 0.714. The molecular weight excluding hydrogens is 316 g/mol. The number of hydrogen-bond donors (Lipinski definition) is 0. The second-order valence-electron chi connectivity index (χ2n) is 5.30. The second kappa shape index (κ2) is 6.52. The molecule has 120 valence electrons. The lowest BCUT2D eigenvalue weighted by Crippen LogP contribution is -2.11. The van der Waals surface area contributed by atoms with Gasteiger partial charge in [-0.25, -0.2) is 4.68 Å². The maximum Gasteiger partial charge on any atom is 0.143 e. The van der Waals surface area contributed by atoms with Gasteiger partial charge < -0.3 is 9.26 Å². The highest BCUT2D eigenvalue weighted by atomic mass is 35.5. The highest BCUT2D eigenvalue weighted by Crippen LogP contribution is 2.25. The largest absolute Gasteiger partial charge is 0.375 e. The summed E-state index contributed by atoms with van der Waals surface area (Å²) in [5.41, 5.74) is 3.46. The van der Waals surface area contributed by atoms with Gasteiger partial charge in [-0.15, -0.1) is 5.10 Å². The normalized spacial score (nSPS) is 12.5. The Morgan fingerprint density at radius 3 is 2.61 bits per heavy atom. The van der Waals surface area contributed by atoms with E-state index in [0.717, 1.165) is 28.3 Å². The summed E-state index contributed by atoms with van der Waals surface area (Å²) < 4.78 is 12.5. The molecule has 2 heterocycles. The summed E-state index contributed by atoms with van der Waals surface area (Å²) in [6.07, 6.45) is 1.74. The number of rotatable bonds is 5. The standard InChI is InChI=1S/C16H17ClN4O2/c1-10-16(11(2)23-19-10)14-8-21(20-18-14)9-15(22-3)12-4-6-13(17)7-5-12/h4-8,15H,9H2,1-3H3. The average Bonchev–Trinajstić information content (AvgIpc) is 3.12. The highest BCUT2D eigenvalue weighted by molar-refractivity contribution is 6.30. The van der Waals surface area contributed by atoms with E-state index in [9.17, 15) is 0 Å². The summed E-state index contributed by atoms with van der Waals surface area (Å²) in [5, 5.41) is 13.0. The van der Waals surface area contributed by atoms with E-state index in [1.807, 2.05) is 44.3 Å². The number of nitrogens with zero attached hydrogens (tertiary/aromatic N) is 4. The molecule has 6 nitrogen and oxygen atoms in total. The highest BCUT2D eigenvalue weighted by Gasteiger charge is 2.17. The molecule has 1 aromatic carbocycles. The number of halogens is 1. The van der Waals surface area contributed by atoms with Crippen molar-refractivity contribution in [2.75, 3.05) is 7.11 Å². The molecule has 0 saturated carbocycles. The number of benzene rings is 1. The van der Waals surface area contributed by atoms with Crippen molar-refractivity contribution in [3.8, 4) is 11.3 Å². The van der Waals surface area contributed by atoms with Gasteiger partial charge in [0, 0.05) is 12.1 Å². The van der Waals surface area contributed by atoms with Gasteiger partial charge in [0.25, 0.3) is 0 Å². The van der Waals surface area contributed by atoms with E-state index in [1.54, 1.807) is 11.8 Å². The van der Waals surface area contributed by atoms with E-state index in [0.29, 0.717) is 11.6 Å². The van der Waals surface area contributed by atoms with Gasteiger partial charge in [-0.2, -0.15) is 0 Å².